The number of esters is 1. The lowest BCUT2D eigenvalue weighted by molar-refractivity contribution is -0.384. The number of non-ortho nitro benzene ring substituents is 1. The Hall–Kier alpha value is -4.25. The number of hydrogen-bond acceptors (Lipinski definition) is 9. The van der Waals surface area contributed by atoms with E-state index in [1.54, 1.807) is 50.3 Å². The number of carbonyl (C=O) groups excluding carboxylic acids is 1. The first-order chi connectivity index (χ1) is 17.3. The van der Waals surface area contributed by atoms with Gasteiger partial charge in [0.2, 0.25) is 0 Å². The number of fused-ring (bicyclic) bond motifs is 1. The first-order valence-electron chi connectivity index (χ1n) is 10.9. The molecule has 0 N–H and O–H groups in total. The fourth-order valence-electron chi connectivity index (χ4n) is 3.97. The van der Waals surface area contributed by atoms with Crippen LogP contribution in [0.15, 0.2) is 63.5 Å². The van der Waals surface area contributed by atoms with E-state index in [4.69, 9.17) is 14.2 Å². The van der Waals surface area contributed by atoms with Gasteiger partial charge in [-0.2, -0.15) is 0 Å². The van der Waals surface area contributed by atoms with Crippen LogP contribution in [0, 0.1) is 10.1 Å². The van der Waals surface area contributed by atoms with Crippen molar-refractivity contribution in [2.75, 3.05) is 20.8 Å². The highest BCUT2D eigenvalue weighted by Crippen LogP contribution is 2.36. The number of aromatic nitrogens is 1. The van der Waals surface area contributed by atoms with E-state index in [1.807, 2.05) is 0 Å². The molecule has 1 aliphatic rings. The molecular formula is C25H23N3O7S. The molecule has 186 valence electrons. The number of ether oxygens (including phenoxy) is 3. The molecule has 2 aromatic carbocycles. The molecule has 1 aromatic heterocycles. The fourth-order valence-corrected chi connectivity index (χ4v) is 5.02. The van der Waals surface area contributed by atoms with E-state index in [0.717, 1.165) is 0 Å². The number of carbonyl (C=O) groups is 1. The number of methoxy groups -OCH3 is 2. The minimum Gasteiger partial charge on any atom is -0.493 e. The summed E-state index contributed by atoms with van der Waals surface area (Å²) in [5, 5.41) is 10.9. The van der Waals surface area contributed by atoms with E-state index in [2.05, 4.69) is 4.99 Å². The smallest absolute Gasteiger partial charge is 0.338 e. The van der Waals surface area contributed by atoms with Crippen LogP contribution in [-0.2, 0) is 9.53 Å². The highest BCUT2D eigenvalue weighted by atomic mass is 32.1. The lowest BCUT2D eigenvalue weighted by Gasteiger charge is -2.25. The number of allylic oxidation sites excluding steroid dienone is 1. The van der Waals surface area contributed by atoms with Crippen LogP contribution in [0.5, 0.6) is 11.5 Å². The molecule has 1 unspecified atom stereocenters. The SMILES string of the molecule is CCOC(=O)C1=C(C)N=c2s/c(=C/c3ccc([N+](=O)[O-])cc3)c(=O)n2C1c1ccc(OC)c(OC)c1. The van der Waals surface area contributed by atoms with Gasteiger partial charge < -0.3 is 14.2 Å². The van der Waals surface area contributed by atoms with Gasteiger partial charge in [0, 0.05) is 12.1 Å². The fraction of sp³-hybridized carbons (Fsp3) is 0.240. The predicted molar refractivity (Wildman–Crippen MR) is 133 cm³/mol. The van der Waals surface area contributed by atoms with Crippen molar-refractivity contribution in [3.05, 3.63) is 94.7 Å². The normalized spacial score (nSPS) is 15.2. The first kappa shape index (κ1) is 24.9. The maximum Gasteiger partial charge on any atom is 0.338 e. The Morgan fingerprint density at radius 3 is 2.47 bits per heavy atom. The number of thiazole rings is 1. The van der Waals surface area contributed by atoms with E-state index in [1.165, 1.54) is 42.3 Å². The highest BCUT2D eigenvalue weighted by molar-refractivity contribution is 7.07. The molecule has 36 heavy (non-hydrogen) atoms. The van der Waals surface area contributed by atoms with Gasteiger partial charge in [0.05, 0.1) is 47.6 Å². The van der Waals surface area contributed by atoms with Crippen LogP contribution in [0.2, 0.25) is 0 Å². The number of nitro groups is 1. The molecule has 3 aromatic rings. The van der Waals surface area contributed by atoms with Crippen molar-refractivity contribution in [1.82, 2.24) is 4.57 Å². The van der Waals surface area contributed by atoms with Crippen LogP contribution in [0.25, 0.3) is 6.08 Å². The van der Waals surface area contributed by atoms with Crippen LogP contribution in [0.3, 0.4) is 0 Å². The molecule has 0 fully saturated rings. The predicted octanol–water partition coefficient (Wildman–Crippen LogP) is 2.72. The van der Waals surface area contributed by atoms with Crippen molar-refractivity contribution in [3.8, 4) is 11.5 Å². The molecule has 0 saturated carbocycles. The van der Waals surface area contributed by atoms with Gasteiger partial charge in [-0.25, -0.2) is 9.79 Å². The Kier molecular flexibility index (Phi) is 7.02. The second-order valence-corrected chi connectivity index (χ2v) is 8.77. The first-order valence-corrected chi connectivity index (χ1v) is 11.8. The monoisotopic (exact) mass is 509 g/mol. The molecule has 10 nitrogen and oxygen atoms in total. The van der Waals surface area contributed by atoms with Crippen molar-refractivity contribution in [1.29, 1.82) is 0 Å². The van der Waals surface area contributed by atoms with Gasteiger partial charge in [0.1, 0.15) is 0 Å². The maximum atomic E-state index is 13.6. The standard InChI is InChI=1S/C25H23N3O7S/c1-5-35-24(30)21-14(2)26-25-27(22(21)16-8-11-18(33-3)19(13-16)34-4)23(29)20(36-25)12-15-6-9-17(10-7-15)28(31)32/h6-13,22H,5H2,1-4H3/b20-12+. The Labute approximate surface area is 209 Å². The molecule has 0 bridgehead atoms. The largest absolute Gasteiger partial charge is 0.493 e. The van der Waals surface area contributed by atoms with Gasteiger partial charge in [-0.15, -0.1) is 0 Å². The average Bonchev–Trinajstić information content (AvgIpc) is 3.17. The summed E-state index contributed by atoms with van der Waals surface area (Å²) < 4.78 is 17.9. The molecule has 0 amide bonds. The Morgan fingerprint density at radius 1 is 1.17 bits per heavy atom. The number of nitrogens with zero attached hydrogens (tertiary/aromatic N) is 3. The van der Waals surface area contributed by atoms with Gasteiger partial charge in [-0.05, 0) is 55.3 Å². The molecule has 0 aliphatic carbocycles. The second-order valence-electron chi connectivity index (χ2n) is 7.77. The summed E-state index contributed by atoms with van der Waals surface area (Å²) in [6.45, 7) is 3.57. The van der Waals surface area contributed by atoms with Crippen molar-refractivity contribution in [2.45, 2.75) is 19.9 Å². The summed E-state index contributed by atoms with van der Waals surface area (Å²) in [7, 11) is 3.03. The summed E-state index contributed by atoms with van der Waals surface area (Å²) in [5.74, 6) is 0.384. The van der Waals surface area contributed by atoms with Crippen molar-refractivity contribution >= 4 is 29.1 Å². The van der Waals surface area contributed by atoms with Crippen LogP contribution >= 0.6 is 11.3 Å². The minimum atomic E-state index is -0.806. The lowest BCUT2D eigenvalue weighted by Crippen LogP contribution is -2.39. The minimum absolute atomic E-state index is 0.0447. The average molecular weight is 510 g/mol. The van der Waals surface area contributed by atoms with Crippen LogP contribution in [0.1, 0.15) is 31.0 Å². The zero-order valence-corrected chi connectivity index (χ0v) is 20.8. The number of hydrogen-bond donors (Lipinski definition) is 0. The summed E-state index contributed by atoms with van der Waals surface area (Å²) in [6, 6.07) is 10.3. The third-order valence-corrected chi connectivity index (χ3v) is 6.62. The molecule has 4 rings (SSSR count). The van der Waals surface area contributed by atoms with E-state index in [9.17, 15) is 19.7 Å². The van der Waals surface area contributed by atoms with Gasteiger partial charge >= 0.3 is 5.97 Å². The molecule has 11 heteroatoms. The molecule has 2 heterocycles. The zero-order valence-electron chi connectivity index (χ0n) is 20.0. The Bertz CT molecular complexity index is 1550. The van der Waals surface area contributed by atoms with E-state index in [-0.39, 0.29) is 23.4 Å². The molecular weight excluding hydrogens is 486 g/mol. The van der Waals surface area contributed by atoms with Crippen molar-refractivity contribution in [3.63, 3.8) is 0 Å². The topological polar surface area (TPSA) is 122 Å². The van der Waals surface area contributed by atoms with Crippen molar-refractivity contribution < 1.29 is 23.9 Å². The molecule has 1 aliphatic heterocycles. The summed E-state index contributed by atoms with van der Waals surface area (Å²) in [6.07, 6.45) is 1.64. The van der Waals surface area contributed by atoms with Crippen LogP contribution in [0.4, 0.5) is 5.69 Å². The second kappa shape index (κ2) is 10.2. The number of benzene rings is 2. The third kappa shape index (κ3) is 4.52. The highest BCUT2D eigenvalue weighted by Gasteiger charge is 2.33. The van der Waals surface area contributed by atoms with E-state index >= 15 is 0 Å². The quantitative estimate of drug-likeness (QED) is 0.273. The number of rotatable bonds is 7. The lowest BCUT2D eigenvalue weighted by atomic mass is 9.95. The van der Waals surface area contributed by atoms with E-state index < -0.39 is 16.9 Å². The number of nitro benzene ring substituents is 1. The van der Waals surface area contributed by atoms with Crippen LogP contribution < -0.4 is 24.4 Å². The van der Waals surface area contributed by atoms with Crippen molar-refractivity contribution in [2.24, 2.45) is 4.99 Å². The van der Waals surface area contributed by atoms with E-state index in [0.29, 0.717) is 37.7 Å². The summed E-state index contributed by atoms with van der Waals surface area (Å²) in [4.78, 5) is 42.1. The Balaban J connectivity index is 1.93. The molecule has 0 spiro atoms. The maximum absolute atomic E-state index is 13.6. The van der Waals surface area contributed by atoms with Gasteiger partial charge in [0.25, 0.3) is 11.2 Å². The van der Waals surface area contributed by atoms with Gasteiger partial charge in [-0.3, -0.25) is 19.5 Å². The van der Waals surface area contributed by atoms with Gasteiger partial charge in [0.15, 0.2) is 16.3 Å². The Morgan fingerprint density at radius 2 is 1.86 bits per heavy atom. The zero-order chi connectivity index (χ0) is 26.0. The third-order valence-electron chi connectivity index (χ3n) is 5.64. The van der Waals surface area contributed by atoms with Gasteiger partial charge in [-0.1, -0.05) is 17.4 Å². The summed E-state index contributed by atoms with van der Waals surface area (Å²) in [5.41, 5.74) is 1.53. The molecule has 0 saturated heterocycles. The van der Waals surface area contributed by atoms with Crippen LogP contribution in [-0.4, -0.2) is 36.3 Å². The molecule has 1 atom stereocenters. The molecule has 0 radical (unpaired) electrons. The summed E-state index contributed by atoms with van der Waals surface area (Å²) >= 11 is 1.17.